The van der Waals surface area contributed by atoms with Crippen molar-refractivity contribution in [1.29, 1.82) is 0 Å². The van der Waals surface area contributed by atoms with Crippen LogP contribution < -0.4 is 10.1 Å². The van der Waals surface area contributed by atoms with Gasteiger partial charge in [-0.15, -0.1) is 0 Å². The molecule has 0 aliphatic rings. The first kappa shape index (κ1) is 17.8. The lowest BCUT2D eigenvalue weighted by Gasteiger charge is -2.10. The molecule has 0 spiro atoms. The molecule has 3 rings (SSSR count). The van der Waals surface area contributed by atoms with Crippen LogP contribution in [0, 0.1) is 10.1 Å². The molecule has 26 heavy (non-hydrogen) atoms. The summed E-state index contributed by atoms with van der Waals surface area (Å²) in [6, 6.07) is 13.7. The van der Waals surface area contributed by atoms with Gasteiger partial charge in [0.15, 0.2) is 5.76 Å². The number of furan rings is 1. The van der Waals surface area contributed by atoms with Crippen molar-refractivity contribution in [3.8, 4) is 11.5 Å². The van der Waals surface area contributed by atoms with Gasteiger partial charge in [-0.2, -0.15) is 0 Å². The molecule has 9 heteroatoms. The number of nitro groups is 1. The van der Waals surface area contributed by atoms with Crippen LogP contribution in [0.3, 0.4) is 0 Å². The van der Waals surface area contributed by atoms with E-state index in [1.54, 1.807) is 36.4 Å². The van der Waals surface area contributed by atoms with Crippen molar-refractivity contribution in [1.82, 2.24) is 0 Å². The second kappa shape index (κ2) is 7.47. The molecule has 1 amide bonds. The maximum atomic E-state index is 12.1. The molecule has 0 atom stereocenters. The largest absolute Gasteiger partial charge is 0.456 e. The number of hydrogen-bond acceptors (Lipinski definition) is 5. The van der Waals surface area contributed by atoms with Crippen LogP contribution in [-0.2, 0) is 0 Å². The topological polar surface area (TPSA) is 94.6 Å². The summed E-state index contributed by atoms with van der Waals surface area (Å²) < 4.78 is 10.5. The monoisotopic (exact) mass is 392 g/mol. The Labute approximate surface area is 157 Å². The van der Waals surface area contributed by atoms with E-state index >= 15 is 0 Å². The lowest BCUT2D eigenvalue weighted by atomic mass is 10.3. The van der Waals surface area contributed by atoms with E-state index in [-0.39, 0.29) is 10.8 Å². The number of amides is 1. The van der Waals surface area contributed by atoms with Crippen LogP contribution in [0.5, 0.6) is 11.5 Å². The predicted octanol–water partition coefficient (Wildman–Crippen LogP) is 5.54. The Morgan fingerprint density at radius 3 is 2.42 bits per heavy atom. The summed E-state index contributed by atoms with van der Waals surface area (Å²) in [5.74, 6) is -0.397. The minimum absolute atomic E-state index is 0.186. The molecule has 1 heterocycles. The first-order valence-corrected chi connectivity index (χ1v) is 7.96. The predicted molar refractivity (Wildman–Crippen MR) is 96.3 cm³/mol. The summed E-state index contributed by atoms with van der Waals surface area (Å²) in [7, 11) is 0. The second-order valence-electron chi connectivity index (χ2n) is 5.05. The zero-order chi connectivity index (χ0) is 18.7. The number of anilines is 1. The normalized spacial score (nSPS) is 10.4. The maximum Gasteiger partial charge on any atom is 0.433 e. The first-order chi connectivity index (χ1) is 12.4. The molecule has 7 nitrogen and oxygen atoms in total. The summed E-state index contributed by atoms with van der Waals surface area (Å²) in [5.41, 5.74) is 0.377. The highest BCUT2D eigenvalue weighted by Crippen LogP contribution is 2.32. The van der Waals surface area contributed by atoms with Crippen molar-refractivity contribution in [2.24, 2.45) is 0 Å². The third-order valence-corrected chi connectivity index (χ3v) is 3.77. The fourth-order valence-electron chi connectivity index (χ4n) is 2.03. The van der Waals surface area contributed by atoms with Crippen molar-refractivity contribution in [3.63, 3.8) is 0 Å². The number of benzene rings is 2. The molecule has 2 aromatic carbocycles. The Bertz CT molecular complexity index is 970. The Morgan fingerprint density at radius 1 is 1.08 bits per heavy atom. The number of rotatable bonds is 5. The van der Waals surface area contributed by atoms with E-state index in [1.165, 1.54) is 12.1 Å². The van der Waals surface area contributed by atoms with Crippen LogP contribution in [-0.4, -0.2) is 10.8 Å². The summed E-state index contributed by atoms with van der Waals surface area (Å²) in [4.78, 5) is 21.9. The number of carbonyl (C=O) groups is 1. The molecule has 0 fully saturated rings. The highest BCUT2D eigenvalue weighted by Gasteiger charge is 2.17. The van der Waals surface area contributed by atoms with Crippen molar-refractivity contribution in [3.05, 3.63) is 80.5 Å². The molecule has 0 aliphatic carbocycles. The number of halogens is 2. The van der Waals surface area contributed by atoms with Gasteiger partial charge in [0.25, 0.3) is 5.91 Å². The molecule has 0 saturated carbocycles. The fourth-order valence-corrected chi connectivity index (χ4v) is 2.38. The van der Waals surface area contributed by atoms with Crippen molar-refractivity contribution in [2.75, 3.05) is 5.32 Å². The van der Waals surface area contributed by atoms with Gasteiger partial charge in [0.05, 0.1) is 11.1 Å². The average molecular weight is 393 g/mol. The summed E-state index contributed by atoms with van der Waals surface area (Å²) >= 11 is 12.0. The number of hydrogen-bond donors (Lipinski definition) is 1. The van der Waals surface area contributed by atoms with Crippen LogP contribution in [0.25, 0.3) is 0 Å². The molecule has 1 aromatic heterocycles. The molecule has 0 unspecified atom stereocenters. The van der Waals surface area contributed by atoms with Gasteiger partial charge in [-0.25, -0.2) is 0 Å². The van der Waals surface area contributed by atoms with E-state index in [4.69, 9.17) is 32.4 Å². The number of nitrogens with zero attached hydrogens (tertiary/aromatic N) is 1. The van der Waals surface area contributed by atoms with Crippen LogP contribution in [0.15, 0.2) is 59.0 Å². The first-order valence-electron chi connectivity index (χ1n) is 7.21. The molecule has 1 N–H and O–H groups in total. The van der Waals surface area contributed by atoms with Crippen LogP contribution in [0.4, 0.5) is 11.6 Å². The summed E-state index contributed by atoms with van der Waals surface area (Å²) in [6.07, 6.45) is 0. The van der Waals surface area contributed by atoms with Gasteiger partial charge in [0.1, 0.15) is 16.4 Å². The van der Waals surface area contributed by atoms with Crippen LogP contribution in [0.2, 0.25) is 10.0 Å². The molecular formula is C17H10Cl2N2O5. The Hall–Kier alpha value is -3.03. The summed E-state index contributed by atoms with van der Waals surface area (Å²) in [6.45, 7) is 0. The van der Waals surface area contributed by atoms with Gasteiger partial charge in [-0.3, -0.25) is 14.9 Å². The Kier molecular flexibility index (Phi) is 5.11. The minimum atomic E-state index is -0.726. The van der Waals surface area contributed by atoms with E-state index in [2.05, 4.69) is 5.32 Å². The van der Waals surface area contributed by atoms with E-state index in [0.717, 1.165) is 6.07 Å². The minimum Gasteiger partial charge on any atom is -0.456 e. The zero-order valence-electron chi connectivity index (χ0n) is 12.9. The van der Waals surface area contributed by atoms with E-state index in [0.29, 0.717) is 22.2 Å². The standard InChI is InChI=1S/C17H10Cl2N2O5/c18-10-1-4-12(5-2-10)25-14-6-3-11(9-13(14)19)20-17(22)15-7-8-16(26-15)21(23)24/h1-9H,(H,20,22). The smallest absolute Gasteiger partial charge is 0.433 e. The van der Waals surface area contributed by atoms with Gasteiger partial charge in [0.2, 0.25) is 0 Å². The SMILES string of the molecule is O=C(Nc1ccc(Oc2ccc(Cl)cc2)c(Cl)c1)c1ccc([N+](=O)[O-])o1. The molecule has 0 aliphatic heterocycles. The molecule has 3 aromatic rings. The van der Waals surface area contributed by atoms with Gasteiger partial charge in [0, 0.05) is 10.7 Å². The van der Waals surface area contributed by atoms with Crippen LogP contribution in [0.1, 0.15) is 10.6 Å². The van der Waals surface area contributed by atoms with Crippen molar-refractivity contribution in [2.45, 2.75) is 0 Å². The molecule has 132 valence electrons. The molecule has 0 radical (unpaired) electrons. The average Bonchev–Trinajstić information content (AvgIpc) is 3.10. The Morgan fingerprint density at radius 2 is 1.81 bits per heavy atom. The van der Waals surface area contributed by atoms with Crippen molar-refractivity contribution < 1.29 is 18.9 Å². The molecular weight excluding hydrogens is 383 g/mol. The number of ether oxygens (including phenoxy) is 1. The highest BCUT2D eigenvalue weighted by atomic mass is 35.5. The van der Waals surface area contributed by atoms with Gasteiger partial charge in [-0.05, 0) is 48.5 Å². The lowest BCUT2D eigenvalue weighted by molar-refractivity contribution is -0.402. The third-order valence-electron chi connectivity index (χ3n) is 3.23. The van der Waals surface area contributed by atoms with E-state index in [9.17, 15) is 14.9 Å². The quantitative estimate of drug-likeness (QED) is 0.454. The number of nitrogens with one attached hydrogen (secondary N) is 1. The second-order valence-corrected chi connectivity index (χ2v) is 5.89. The maximum absolute atomic E-state index is 12.1. The third kappa shape index (κ3) is 4.14. The molecule has 0 saturated heterocycles. The van der Waals surface area contributed by atoms with Gasteiger partial charge >= 0.3 is 5.88 Å². The number of carbonyl (C=O) groups excluding carboxylic acids is 1. The van der Waals surface area contributed by atoms with E-state index in [1.807, 2.05) is 0 Å². The van der Waals surface area contributed by atoms with Crippen LogP contribution >= 0.6 is 23.2 Å². The van der Waals surface area contributed by atoms with Gasteiger partial charge in [-0.1, -0.05) is 23.2 Å². The molecule has 0 bridgehead atoms. The van der Waals surface area contributed by atoms with Gasteiger partial charge < -0.3 is 14.5 Å². The lowest BCUT2D eigenvalue weighted by Crippen LogP contribution is -2.10. The highest BCUT2D eigenvalue weighted by molar-refractivity contribution is 6.32. The van der Waals surface area contributed by atoms with E-state index < -0.39 is 16.7 Å². The zero-order valence-corrected chi connectivity index (χ0v) is 14.5. The summed E-state index contributed by atoms with van der Waals surface area (Å²) in [5, 5.41) is 14.0. The van der Waals surface area contributed by atoms with Crippen molar-refractivity contribution >= 4 is 40.7 Å². The Balaban J connectivity index is 1.71. The fraction of sp³-hybridized carbons (Fsp3) is 0.